The van der Waals surface area contributed by atoms with Gasteiger partial charge >= 0.3 is 0 Å². The monoisotopic (exact) mass is 667 g/mol. The maximum absolute atomic E-state index is 5.00. The van der Waals surface area contributed by atoms with E-state index >= 15 is 0 Å². The molecule has 0 aliphatic carbocycles. The Labute approximate surface area is 299 Å². The Balaban J connectivity index is 1.11. The summed E-state index contributed by atoms with van der Waals surface area (Å²) in [6.07, 6.45) is 0. The van der Waals surface area contributed by atoms with Crippen molar-refractivity contribution in [2.45, 2.75) is 0 Å². The first-order valence-electron chi connectivity index (χ1n) is 17.1. The molecule has 0 fully saturated rings. The lowest BCUT2D eigenvalue weighted by molar-refractivity contribution is 1.07. The molecular weight excluding hydrogens is 639 g/mol. The van der Waals surface area contributed by atoms with E-state index in [0.717, 1.165) is 22.3 Å². The lowest BCUT2D eigenvalue weighted by Gasteiger charge is -2.11. The highest BCUT2D eigenvalue weighted by molar-refractivity contribution is 7.26. The van der Waals surface area contributed by atoms with Crippen molar-refractivity contribution in [1.29, 1.82) is 0 Å². The second kappa shape index (κ2) is 12.1. The minimum Gasteiger partial charge on any atom is -0.208 e. The van der Waals surface area contributed by atoms with Crippen LogP contribution in [0, 0.1) is 0 Å². The van der Waals surface area contributed by atoms with E-state index in [2.05, 4.69) is 115 Å². The molecular formula is C47H29N3S. The van der Waals surface area contributed by atoms with Crippen LogP contribution in [-0.2, 0) is 0 Å². The highest BCUT2D eigenvalue weighted by atomic mass is 32.1. The third kappa shape index (κ3) is 5.25. The zero-order valence-corrected chi connectivity index (χ0v) is 28.3. The first kappa shape index (κ1) is 29.4. The van der Waals surface area contributed by atoms with Gasteiger partial charge in [-0.3, -0.25) is 0 Å². The summed E-state index contributed by atoms with van der Waals surface area (Å²) in [5.74, 6) is 1.97. The van der Waals surface area contributed by atoms with Crippen LogP contribution in [0.15, 0.2) is 176 Å². The molecule has 0 unspecified atom stereocenters. The standard InChI is InChI=1S/C47H29N3S/c1-3-12-32(13-4-1)45-48-46(33-14-5-2-6-15-33)50-47(49-45)37-17-9-16-36(27-37)39-19-10-20-43-44(39)41-29-35(25-26-42(41)51-43)34-24-23-31-22-21-30-11-7-8-18-38(30)40(31)28-34/h1-29H. The molecule has 2 aromatic heterocycles. The van der Waals surface area contributed by atoms with E-state index in [4.69, 9.17) is 15.0 Å². The van der Waals surface area contributed by atoms with Crippen molar-refractivity contribution >= 4 is 53.1 Å². The summed E-state index contributed by atoms with van der Waals surface area (Å²) in [5, 5.41) is 7.62. The average molecular weight is 668 g/mol. The molecule has 0 spiro atoms. The maximum Gasteiger partial charge on any atom is 0.164 e. The molecule has 4 heteroatoms. The van der Waals surface area contributed by atoms with Gasteiger partial charge in [-0.1, -0.05) is 146 Å². The quantitative estimate of drug-likeness (QED) is 0.171. The Morgan fingerprint density at radius 3 is 1.61 bits per heavy atom. The smallest absolute Gasteiger partial charge is 0.164 e. The van der Waals surface area contributed by atoms with Crippen molar-refractivity contribution in [1.82, 2.24) is 15.0 Å². The fraction of sp³-hybridized carbons (Fsp3) is 0. The Morgan fingerprint density at radius 1 is 0.314 bits per heavy atom. The summed E-state index contributed by atoms with van der Waals surface area (Å²) in [4.78, 5) is 14.9. The summed E-state index contributed by atoms with van der Waals surface area (Å²) in [7, 11) is 0. The van der Waals surface area contributed by atoms with E-state index in [-0.39, 0.29) is 0 Å². The average Bonchev–Trinajstić information content (AvgIpc) is 3.59. The number of rotatable bonds is 5. The molecule has 10 rings (SSSR count). The molecule has 0 atom stereocenters. The minimum absolute atomic E-state index is 0.651. The van der Waals surface area contributed by atoms with Gasteiger partial charge in [0.05, 0.1) is 0 Å². The molecule has 0 aliphatic heterocycles. The number of benzene rings is 8. The van der Waals surface area contributed by atoms with Crippen LogP contribution in [-0.4, -0.2) is 15.0 Å². The largest absolute Gasteiger partial charge is 0.208 e. The molecule has 0 aliphatic rings. The van der Waals surface area contributed by atoms with Gasteiger partial charge in [-0.05, 0) is 74.1 Å². The number of nitrogens with zero attached hydrogens (tertiary/aromatic N) is 3. The van der Waals surface area contributed by atoms with Crippen molar-refractivity contribution < 1.29 is 0 Å². The van der Waals surface area contributed by atoms with E-state index in [1.54, 1.807) is 0 Å². The van der Waals surface area contributed by atoms with Crippen molar-refractivity contribution in [3.8, 4) is 56.4 Å². The van der Waals surface area contributed by atoms with E-state index in [1.165, 1.54) is 58.4 Å². The van der Waals surface area contributed by atoms with Gasteiger partial charge in [0.2, 0.25) is 0 Å². The fourth-order valence-electron chi connectivity index (χ4n) is 7.19. The molecule has 8 aromatic carbocycles. The first-order chi connectivity index (χ1) is 25.2. The second-order valence-corrected chi connectivity index (χ2v) is 13.9. The van der Waals surface area contributed by atoms with Gasteiger partial charge in [0, 0.05) is 36.9 Å². The third-order valence-electron chi connectivity index (χ3n) is 9.71. The number of thiophene rings is 1. The second-order valence-electron chi connectivity index (χ2n) is 12.8. The van der Waals surface area contributed by atoms with Crippen LogP contribution in [0.1, 0.15) is 0 Å². The van der Waals surface area contributed by atoms with Crippen molar-refractivity contribution in [2.24, 2.45) is 0 Å². The summed E-state index contributed by atoms with van der Waals surface area (Å²) in [5.41, 5.74) is 7.63. The van der Waals surface area contributed by atoms with Crippen molar-refractivity contribution in [2.75, 3.05) is 0 Å². The summed E-state index contributed by atoms with van der Waals surface area (Å²) < 4.78 is 2.55. The van der Waals surface area contributed by atoms with E-state index < -0.39 is 0 Å². The third-order valence-corrected chi connectivity index (χ3v) is 10.8. The SMILES string of the molecule is c1ccc(-c2nc(-c3ccccc3)nc(-c3cccc(-c4cccc5sc6ccc(-c7ccc8ccc9ccccc9c8c7)cc6c45)c3)n2)cc1. The number of fused-ring (bicyclic) bond motifs is 6. The van der Waals surface area contributed by atoms with Crippen molar-refractivity contribution in [3.63, 3.8) is 0 Å². The van der Waals surface area contributed by atoms with Gasteiger partial charge in [-0.15, -0.1) is 11.3 Å². The van der Waals surface area contributed by atoms with E-state index in [0.29, 0.717) is 17.5 Å². The van der Waals surface area contributed by atoms with Crippen LogP contribution in [0.3, 0.4) is 0 Å². The van der Waals surface area contributed by atoms with Crippen LogP contribution in [0.5, 0.6) is 0 Å². The zero-order chi connectivity index (χ0) is 33.7. The molecule has 3 nitrogen and oxygen atoms in total. The van der Waals surface area contributed by atoms with Gasteiger partial charge in [-0.2, -0.15) is 0 Å². The van der Waals surface area contributed by atoms with Gasteiger partial charge in [0.1, 0.15) is 0 Å². The Bertz CT molecular complexity index is 2860. The molecule has 238 valence electrons. The molecule has 51 heavy (non-hydrogen) atoms. The molecule has 0 N–H and O–H groups in total. The van der Waals surface area contributed by atoms with Gasteiger partial charge < -0.3 is 0 Å². The topological polar surface area (TPSA) is 38.7 Å². The first-order valence-corrected chi connectivity index (χ1v) is 17.9. The number of aromatic nitrogens is 3. The summed E-state index contributed by atoms with van der Waals surface area (Å²) >= 11 is 1.85. The van der Waals surface area contributed by atoms with Crippen LogP contribution in [0.2, 0.25) is 0 Å². The Kier molecular flexibility index (Phi) is 7.00. The number of hydrogen-bond acceptors (Lipinski definition) is 4. The maximum atomic E-state index is 5.00. The lowest BCUT2D eigenvalue weighted by Crippen LogP contribution is -2.00. The van der Waals surface area contributed by atoms with Crippen LogP contribution >= 0.6 is 11.3 Å². The van der Waals surface area contributed by atoms with Crippen LogP contribution in [0.25, 0.3) is 98.1 Å². The molecule has 10 aromatic rings. The van der Waals surface area contributed by atoms with Crippen LogP contribution in [0.4, 0.5) is 0 Å². The highest BCUT2D eigenvalue weighted by Crippen LogP contribution is 2.42. The Morgan fingerprint density at radius 2 is 0.863 bits per heavy atom. The molecule has 0 amide bonds. The predicted molar refractivity (Wildman–Crippen MR) is 215 cm³/mol. The number of hydrogen-bond donors (Lipinski definition) is 0. The van der Waals surface area contributed by atoms with Gasteiger partial charge in [0.15, 0.2) is 17.5 Å². The summed E-state index contributed by atoms with van der Waals surface area (Å²) in [6.45, 7) is 0. The van der Waals surface area contributed by atoms with Gasteiger partial charge in [0.25, 0.3) is 0 Å². The Hall–Kier alpha value is -6.49. The van der Waals surface area contributed by atoms with Crippen molar-refractivity contribution in [3.05, 3.63) is 176 Å². The van der Waals surface area contributed by atoms with Gasteiger partial charge in [-0.25, -0.2) is 15.0 Å². The van der Waals surface area contributed by atoms with Crippen LogP contribution < -0.4 is 0 Å². The zero-order valence-electron chi connectivity index (χ0n) is 27.5. The molecule has 0 saturated heterocycles. The molecule has 0 saturated carbocycles. The summed E-state index contributed by atoms with van der Waals surface area (Å²) in [6, 6.07) is 62.3. The minimum atomic E-state index is 0.651. The molecule has 2 heterocycles. The predicted octanol–water partition coefficient (Wildman–Crippen LogP) is 12.9. The lowest BCUT2D eigenvalue weighted by atomic mass is 9.95. The van der Waals surface area contributed by atoms with E-state index in [1.807, 2.05) is 72.0 Å². The molecule has 0 radical (unpaired) electrons. The normalized spacial score (nSPS) is 11.5. The van der Waals surface area contributed by atoms with E-state index in [9.17, 15) is 0 Å². The molecule has 0 bridgehead atoms. The highest BCUT2D eigenvalue weighted by Gasteiger charge is 2.16. The fourth-order valence-corrected chi connectivity index (χ4v) is 8.30.